The van der Waals surface area contributed by atoms with E-state index in [1.54, 1.807) is 4.57 Å². The number of carbonyl (C=O) groups excluding carboxylic acids is 1. The molecule has 0 aliphatic heterocycles. The second kappa shape index (κ2) is 8.98. The van der Waals surface area contributed by atoms with Gasteiger partial charge in [0.05, 0.1) is 16.7 Å². The van der Waals surface area contributed by atoms with E-state index in [0.29, 0.717) is 28.8 Å². The van der Waals surface area contributed by atoms with Crippen molar-refractivity contribution < 1.29 is 4.79 Å². The van der Waals surface area contributed by atoms with Gasteiger partial charge in [-0.15, -0.1) is 10.2 Å². The summed E-state index contributed by atoms with van der Waals surface area (Å²) in [7, 11) is 0. The lowest BCUT2D eigenvalue weighted by Gasteiger charge is -2.21. The zero-order valence-electron chi connectivity index (χ0n) is 16.8. The van der Waals surface area contributed by atoms with E-state index in [1.165, 1.54) is 43.9 Å². The first-order chi connectivity index (χ1) is 14.2. The normalized spacial score (nSPS) is 15.2. The van der Waals surface area contributed by atoms with Gasteiger partial charge in [0.1, 0.15) is 0 Å². The molecule has 1 N–H and O–H groups in total. The molecule has 1 amide bonds. The van der Waals surface area contributed by atoms with Gasteiger partial charge in [0, 0.05) is 13.1 Å². The maximum Gasteiger partial charge on any atom is 0.262 e. The first-order valence-electron chi connectivity index (χ1n) is 10.4. The fourth-order valence-corrected chi connectivity index (χ4v) is 4.85. The van der Waals surface area contributed by atoms with Crippen molar-refractivity contribution in [1.82, 2.24) is 24.5 Å². The van der Waals surface area contributed by atoms with Gasteiger partial charge in [-0.3, -0.25) is 18.6 Å². The van der Waals surface area contributed by atoms with Crippen LogP contribution in [-0.4, -0.2) is 37.4 Å². The lowest BCUT2D eigenvalue weighted by atomic mass is 9.89. The highest BCUT2D eigenvalue weighted by molar-refractivity contribution is 7.99. The van der Waals surface area contributed by atoms with E-state index < -0.39 is 0 Å². The number of fused-ring (bicyclic) bond motifs is 3. The molecule has 7 nitrogen and oxygen atoms in total. The first-order valence-corrected chi connectivity index (χ1v) is 11.4. The Labute approximate surface area is 173 Å². The fourth-order valence-electron chi connectivity index (χ4n) is 4.08. The molecule has 0 radical (unpaired) electrons. The molecule has 0 saturated heterocycles. The third-order valence-electron chi connectivity index (χ3n) is 5.57. The number of thioether (sulfide) groups is 1. The van der Waals surface area contributed by atoms with Gasteiger partial charge in [0.2, 0.25) is 11.7 Å². The number of hydrogen-bond donors (Lipinski definition) is 1. The third kappa shape index (κ3) is 4.17. The Bertz CT molecular complexity index is 1070. The minimum absolute atomic E-state index is 0.0171. The zero-order valence-corrected chi connectivity index (χ0v) is 17.6. The third-order valence-corrected chi connectivity index (χ3v) is 6.50. The zero-order chi connectivity index (χ0) is 20.2. The quantitative estimate of drug-likeness (QED) is 0.602. The standard InChI is InChI=1S/C21H27N5O2S/c1-2-12-25-19(28)16-10-6-7-11-17(16)26-20(25)23-24-21(26)29-14-18(27)22-13-15-8-4-3-5-9-15/h6-7,10-11,15H,2-5,8-9,12-14H2,1H3,(H,22,27). The Morgan fingerprint density at radius 3 is 2.79 bits per heavy atom. The van der Waals surface area contributed by atoms with E-state index in [2.05, 4.69) is 15.5 Å². The Hall–Kier alpha value is -2.35. The topological polar surface area (TPSA) is 81.3 Å². The molecule has 8 heteroatoms. The maximum absolute atomic E-state index is 12.9. The monoisotopic (exact) mass is 413 g/mol. The number of carbonyl (C=O) groups is 1. The maximum atomic E-state index is 12.9. The predicted octanol–water partition coefficient (Wildman–Crippen LogP) is 3.24. The van der Waals surface area contributed by atoms with Gasteiger partial charge in [-0.05, 0) is 37.3 Å². The summed E-state index contributed by atoms with van der Waals surface area (Å²) in [5, 5.41) is 12.9. The fraction of sp³-hybridized carbons (Fsp3) is 0.524. The van der Waals surface area contributed by atoms with E-state index in [1.807, 2.05) is 35.6 Å². The van der Waals surface area contributed by atoms with Crippen molar-refractivity contribution in [2.75, 3.05) is 12.3 Å². The Balaban J connectivity index is 1.55. The van der Waals surface area contributed by atoms with Crippen LogP contribution in [-0.2, 0) is 11.3 Å². The van der Waals surface area contributed by atoms with Crippen LogP contribution in [0.1, 0.15) is 45.4 Å². The van der Waals surface area contributed by atoms with Crippen molar-refractivity contribution in [2.45, 2.75) is 57.1 Å². The number of nitrogens with zero attached hydrogens (tertiary/aromatic N) is 4. The van der Waals surface area contributed by atoms with Crippen LogP contribution in [0.4, 0.5) is 0 Å². The molecular formula is C21H27N5O2S. The van der Waals surface area contributed by atoms with Crippen LogP contribution in [0.5, 0.6) is 0 Å². The summed E-state index contributed by atoms with van der Waals surface area (Å²) in [5.74, 6) is 1.44. The average Bonchev–Trinajstić information content (AvgIpc) is 3.18. The van der Waals surface area contributed by atoms with Gasteiger partial charge in [0.25, 0.3) is 5.56 Å². The smallest absolute Gasteiger partial charge is 0.262 e. The number of aromatic nitrogens is 4. The van der Waals surface area contributed by atoms with E-state index in [0.717, 1.165) is 18.5 Å². The minimum atomic E-state index is -0.0517. The first kappa shape index (κ1) is 19.9. The molecule has 0 atom stereocenters. The molecule has 2 aromatic heterocycles. The summed E-state index contributed by atoms with van der Waals surface area (Å²) in [5.41, 5.74) is 0.721. The lowest BCUT2D eigenvalue weighted by molar-refractivity contribution is -0.118. The predicted molar refractivity (Wildman–Crippen MR) is 115 cm³/mol. The Morgan fingerprint density at radius 1 is 1.21 bits per heavy atom. The van der Waals surface area contributed by atoms with E-state index in [4.69, 9.17) is 0 Å². The van der Waals surface area contributed by atoms with Gasteiger partial charge in [-0.2, -0.15) is 0 Å². The van der Waals surface area contributed by atoms with Crippen LogP contribution in [0.15, 0.2) is 34.2 Å². The molecule has 29 heavy (non-hydrogen) atoms. The van der Waals surface area contributed by atoms with Crippen molar-refractivity contribution in [3.63, 3.8) is 0 Å². The van der Waals surface area contributed by atoms with Crippen molar-refractivity contribution >= 4 is 34.3 Å². The molecule has 1 aromatic carbocycles. The molecule has 2 heterocycles. The van der Waals surface area contributed by atoms with Crippen molar-refractivity contribution in [1.29, 1.82) is 0 Å². The number of nitrogens with one attached hydrogen (secondary N) is 1. The van der Waals surface area contributed by atoms with Crippen LogP contribution in [0, 0.1) is 5.92 Å². The molecule has 4 rings (SSSR count). The van der Waals surface area contributed by atoms with Crippen LogP contribution in [0.3, 0.4) is 0 Å². The summed E-state index contributed by atoms with van der Waals surface area (Å²) >= 11 is 1.36. The Morgan fingerprint density at radius 2 is 2.00 bits per heavy atom. The Kier molecular flexibility index (Phi) is 6.18. The van der Waals surface area contributed by atoms with Crippen LogP contribution in [0.25, 0.3) is 16.7 Å². The van der Waals surface area contributed by atoms with Gasteiger partial charge < -0.3 is 5.32 Å². The molecule has 3 aromatic rings. The molecule has 1 aliphatic carbocycles. The molecule has 1 aliphatic rings. The summed E-state index contributed by atoms with van der Waals surface area (Å²) in [6.07, 6.45) is 7.11. The van der Waals surface area contributed by atoms with Crippen molar-refractivity contribution in [3.05, 3.63) is 34.6 Å². The summed E-state index contributed by atoms with van der Waals surface area (Å²) in [4.78, 5) is 25.2. The summed E-state index contributed by atoms with van der Waals surface area (Å²) in [6.45, 7) is 3.37. The second-order valence-corrected chi connectivity index (χ2v) is 8.63. The van der Waals surface area contributed by atoms with Gasteiger partial charge >= 0.3 is 0 Å². The number of amides is 1. The number of benzene rings is 1. The van der Waals surface area contributed by atoms with Crippen LogP contribution >= 0.6 is 11.8 Å². The molecule has 1 fully saturated rings. The molecular weight excluding hydrogens is 386 g/mol. The van der Waals surface area contributed by atoms with Gasteiger partial charge in [-0.25, -0.2) is 0 Å². The molecule has 1 saturated carbocycles. The SMILES string of the molecule is CCCn1c(=O)c2ccccc2n2c(SCC(=O)NCC3CCCCC3)nnc12. The number of aryl methyl sites for hydroxylation is 1. The summed E-state index contributed by atoms with van der Waals surface area (Å²) in [6, 6.07) is 7.49. The highest BCUT2D eigenvalue weighted by Crippen LogP contribution is 2.23. The van der Waals surface area contributed by atoms with Crippen molar-refractivity contribution in [3.8, 4) is 0 Å². The highest BCUT2D eigenvalue weighted by Gasteiger charge is 2.18. The van der Waals surface area contributed by atoms with Crippen LogP contribution < -0.4 is 10.9 Å². The largest absolute Gasteiger partial charge is 0.355 e. The number of rotatable bonds is 7. The number of para-hydroxylation sites is 1. The molecule has 0 spiro atoms. The highest BCUT2D eigenvalue weighted by atomic mass is 32.2. The average molecular weight is 414 g/mol. The van der Waals surface area contributed by atoms with E-state index >= 15 is 0 Å². The minimum Gasteiger partial charge on any atom is -0.355 e. The van der Waals surface area contributed by atoms with E-state index in [-0.39, 0.29) is 17.2 Å². The van der Waals surface area contributed by atoms with Crippen LogP contribution in [0.2, 0.25) is 0 Å². The van der Waals surface area contributed by atoms with E-state index in [9.17, 15) is 9.59 Å². The lowest BCUT2D eigenvalue weighted by Crippen LogP contribution is -2.31. The van der Waals surface area contributed by atoms with Gasteiger partial charge in [0.15, 0.2) is 5.16 Å². The molecule has 154 valence electrons. The second-order valence-electron chi connectivity index (χ2n) is 7.69. The molecule has 0 bridgehead atoms. The van der Waals surface area contributed by atoms with Gasteiger partial charge in [-0.1, -0.05) is 50.1 Å². The number of hydrogen-bond acceptors (Lipinski definition) is 5. The van der Waals surface area contributed by atoms with Crippen molar-refractivity contribution in [2.24, 2.45) is 5.92 Å². The summed E-state index contributed by atoms with van der Waals surface area (Å²) < 4.78 is 3.56. The molecule has 0 unspecified atom stereocenters.